The molecule has 0 spiro atoms. The molecule has 1 unspecified atom stereocenters. The number of amides is 1. The van der Waals surface area contributed by atoms with E-state index in [0.29, 0.717) is 16.8 Å². The Morgan fingerprint density at radius 3 is 2.47 bits per heavy atom. The van der Waals surface area contributed by atoms with Crippen LogP contribution in [0, 0.1) is 5.92 Å². The van der Waals surface area contributed by atoms with E-state index in [1.165, 1.54) is 18.5 Å². The summed E-state index contributed by atoms with van der Waals surface area (Å²) in [7, 11) is 0. The van der Waals surface area contributed by atoms with Gasteiger partial charge in [0, 0.05) is 42.1 Å². The Morgan fingerprint density at radius 2 is 1.87 bits per heavy atom. The Morgan fingerprint density at radius 1 is 1.13 bits per heavy atom. The van der Waals surface area contributed by atoms with Crippen LogP contribution in [0.2, 0.25) is 0 Å². The molecule has 0 radical (unpaired) electrons. The van der Waals surface area contributed by atoms with Gasteiger partial charge in [-0.05, 0) is 24.6 Å². The summed E-state index contributed by atoms with van der Waals surface area (Å²) in [6.07, 6.45) is -2.26. The van der Waals surface area contributed by atoms with Crippen molar-refractivity contribution in [1.29, 1.82) is 0 Å². The lowest BCUT2D eigenvalue weighted by molar-refractivity contribution is -0.139. The largest absolute Gasteiger partial charge is 0.477 e. The zero-order chi connectivity index (χ0) is 22.3. The third kappa shape index (κ3) is 7.46. The van der Waals surface area contributed by atoms with E-state index in [0.717, 1.165) is 0 Å². The lowest BCUT2D eigenvalue weighted by Crippen LogP contribution is -2.27. The topological polar surface area (TPSA) is 81.2 Å². The number of rotatable bonds is 9. The monoisotopic (exact) mass is 423 g/mol. The van der Waals surface area contributed by atoms with Gasteiger partial charge in [0.15, 0.2) is 0 Å². The van der Waals surface area contributed by atoms with Crippen LogP contribution in [0.25, 0.3) is 0 Å². The highest BCUT2D eigenvalue weighted by Crippen LogP contribution is 2.20. The third-order valence-corrected chi connectivity index (χ3v) is 4.32. The van der Waals surface area contributed by atoms with Crippen molar-refractivity contribution in [2.45, 2.75) is 45.8 Å². The van der Waals surface area contributed by atoms with Crippen LogP contribution >= 0.6 is 0 Å². The molecule has 0 aliphatic heterocycles. The van der Waals surface area contributed by atoms with Crippen molar-refractivity contribution < 1.29 is 27.5 Å². The molecule has 162 valence electrons. The van der Waals surface area contributed by atoms with Crippen LogP contribution in [0.4, 0.5) is 13.2 Å². The van der Waals surface area contributed by atoms with Crippen molar-refractivity contribution in [3.63, 3.8) is 0 Å². The predicted molar refractivity (Wildman–Crippen MR) is 104 cm³/mol. The highest BCUT2D eigenvalue weighted by Gasteiger charge is 2.27. The molecule has 0 bridgehead atoms. The van der Waals surface area contributed by atoms with Crippen LogP contribution < -0.4 is 10.1 Å². The SMILES string of the molecule is CC(C)C(=O)Cc1cc(C(=O)NC(C)c2ccc(OCCC(F)(F)F)nc2)ccn1. The van der Waals surface area contributed by atoms with E-state index in [2.05, 4.69) is 15.3 Å². The van der Waals surface area contributed by atoms with Gasteiger partial charge in [0.2, 0.25) is 5.88 Å². The maximum absolute atomic E-state index is 12.5. The quantitative estimate of drug-likeness (QED) is 0.658. The number of carbonyl (C=O) groups is 2. The van der Waals surface area contributed by atoms with E-state index in [4.69, 9.17) is 4.74 Å². The predicted octanol–water partition coefficient (Wildman–Crippen LogP) is 4.07. The number of Topliss-reactive ketones (excluding diaryl/α,β-unsaturated/α-hetero) is 1. The summed E-state index contributed by atoms with van der Waals surface area (Å²) in [5.74, 6) is -0.335. The van der Waals surface area contributed by atoms with Gasteiger partial charge in [0.05, 0.1) is 19.1 Å². The van der Waals surface area contributed by atoms with Crippen molar-refractivity contribution >= 4 is 11.7 Å². The molecule has 0 aliphatic carbocycles. The minimum atomic E-state index is -4.28. The van der Waals surface area contributed by atoms with Crippen LogP contribution in [0.1, 0.15) is 54.8 Å². The van der Waals surface area contributed by atoms with Crippen molar-refractivity contribution in [2.75, 3.05) is 6.61 Å². The molecule has 2 heterocycles. The lowest BCUT2D eigenvalue weighted by atomic mass is 10.0. The molecule has 0 saturated heterocycles. The van der Waals surface area contributed by atoms with Crippen molar-refractivity contribution in [3.05, 3.63) is 53.5 Å². The summed E-state index contributed by atoms with van der Waals surface area (Å²) in [5, 5.41) is 2.82. The Bertz CT molecular complexity index is 868. The fourth-order valence-electron chi connectivity index (χ4n) is 2.47. The molecule has 0 saturated carbocycles. The van der Waals surface area contributed by atoms with Gasteiger partial charge in [0.25, 0.3) is 5.91 Å². The van der Waals surface area contributed by atoms with Gasteiger partial charge in [0.1, 0.15) is 5.78 Å². The van der Waals surface area contributed by atoms with Crippen molar-refractivity contribution in [1.82, 2.24) is 15.3 Å². The number of ketones is 1. The second kappa shape index (κ2) is 10.2. The summed E-state index contributed by atoms with van der Waals surface area (Å²) in [4.78, 5) is 32.5. The molecule has 2 rings (SSSR count). The molecular formula is C21H24F3N3O3. The van der Waals surface area contributed by atoms with E-state index in [-0.39, 0.29) is 29.9 Å². The summed E-state index contributed by atoms with van der Waals surface area (Å²) >= 11 is 0. The summed E-state index contributed by atoms with van der Waals surface area (Å²) in [6.45, 7) is 4.86. The number of ether oxygens (including phenoxy) is 1. The molecule has 30 heavy (non-hydrogen) atoms. The van der Waals surface area contributed by atoms with E-state index in [9.17, 15) is 22.8 Å². The van der Waals surface area contributed by atoms with E-state index in [1.54, 1.807) is 39.0 Å². The molecule has 0 aliphatic rings. The number of hydrogen-bond donors (Lipinski definition) is 1. The average Bonchev–Trinajstić information content (AvgIpc) is 2.67. The number of pyridine rings is 2. The molecule has 2 aromatic heterocycles. The standard InChI is InChI=1S/C21H24F3N3O3/c1-13(2)18(28)11-17-10-15(6-8-25-17)20(29)27-14(3)16-4-5-19(26-12-16)30-9-7-21(22,23)24/h4-6,8,10,12-14H,7,9,11H2,1-3H3,(H,27,29). The van der Waals surface area contributed by atoms with Gasteiger partial charge in [-0.15, -0.1) is 0 Å². The fraction of sp³-hybridized carbons (Fsp3) is 0.429. The summed E-state index contributed by atoms with van der Waals surface area (Å²) in [6, 6.07) is 5.82. The number of nitrogens with one attached hydrogen (secondary N) is 1. The first-order valence-corrected chi connectivity index (χ1v) is 9.49. The van der Waals surface area contributed by atoms with E-state index in [1.807, 2.05) is 0 Å². The fourth-order valence-corrected chi connectivity index (χ4v) is 2.47. The van der Waals surface area contributed by atoms with Gasteiger partial charge < -0.3 is 10.1 Å². The normalized spacial score (nSPS) is 12.5. The highest BCUT2D eigenvalue weighted by atomic mass is 19.4. The molecule has 0 fully saturated rings. The zero-order valence-corrected chi connectivity index (χ0v) is 17.0. The Kier molecular flexibility index (Phi) is 7.91. The van der Waals surface area contributed by atoms with E-state index < -0.39 is 25.2 Å². The van der Waals surface area contributed by atoms with Gasteiger partial charge >= 0.3 is 6.18 Å². The Balaban J connectivity index is 1.94. The van der Waals surface area contributed by atoms with Gasteiger partial charge in [-0.3, -0.25) is 14.6 Å². The lowest BCUT2D eigenvalue weighted by Gasteiger charge is -2.15. The van der Waals surface area contributed by atoms with E-state index >= 15 is 0 Å². The van der Waals surface area contributed by atoms with Crippen LogP contribution in [-0.2, 0) is 11.2 Å². The maximum Gasteiger partial charge on any atom is 0.392 e. The maximum atomic E-state index is 12.5. The summed E-state index contributed by atoms with van der Waals surface area (Å²) < 4.78 is 41.4. The minimum absolute atomic E-state index is 0.0389. The molecule has 0 aromatic carbocycles. The van der Waals surface area contributed by atoms with Gasteiger partial charge in [-0.2, -0.15) is 13.2 Å². The average molecular weight is 423 g/mol. The molecule has 1 N–H and O–H groups in total. The second-order valence-electron chi connectivity index (χ2n) is 7.17. The van der Waals surface area contributed by atoms with Gasteiger partial charge in [-0.25, -0.2) is 4.98 Å². The number of carbonyl (C=O) groups excluding carboxylic acids is 2. The Labute approximate surface area is 172 Å². The number of aromatic nitrogens is 2. The van der Waals surface area contributed by atoms with Crippen LogP contribution in [-0.4, -0.2) is 34.4 Å². The Hall–Kier alpha value is -2.97. The first kappa shape index (κ1) is 23.3. The first-order valence-electron chi connectivity index (χ1n) is 9.49. The van der Waals surface area contributed by atoms with Crippen LogP contribution in [0.3, 0.4) is 0 Å². The third-order valence-electron chi connectivity index (χ3n) is 4.32. The second-order valence-corrected chi connectivity index (χ2v) is 7.17. The zero-order valence-electron chi connectivity index (χ0n) is 17.0. The first-order chi connectivity index (χ1) is 14.0. The number of nitrogens with zero attached hydrogens (tertiary/aromatic N) is 2. The number of halogens is 3. The number of hydrogen-bond acceptors (Lipinski definition) is 5. The molecular weight excluding hydrogens is 399 g/mol. The molecule has 6 nitrogen and oxygen atoms in total. The molecule has 1 amide bonds. The summed E-state index contributed by atoms with van der Waals surface area (Å²) in [5.41, 5.74) is 1.57. The van der Waals surface area contributed by atoms with Crippen molar-refractivity contribution in [3.8, 4) is 5.88 Å². The number of alkyl halides is 3. The van der Waals surface area contributed by atoms with Crippen molar-refractivity contribution in [2.24, 2.45) is 5.92 Å². The smallest absolute Gasteiger partial charge is 0.392 e. The van der Waals surface area contributed by atoms with Gasteiger partial charge in [-0.1, -0.05) is 19.9 Å². The minimum Gasteiger partial charge on any atom is -0.477 e. The van der Waals surface area contributed by atoms with Crippen LogP contribution in [0.15, 0.2) is 36.7 Å². The molecule has 1 atom stereocenters. The molecule has 9 heteroatoms. The molecule has 2 aromatic rings. The van der Waals surface area contributed by atoms with Crippen LogP contribution in [0.5, 0.6) is 5.88 Å². The highest BCUT2D eigenvalue weighted by molar-refractivity contribution is 5.94.